The highest BCUT2D eigenvalue weighted by molar-refractivity contribution is 7.80. The molecule has 1 heterocycles. The van der Waals surface area contributed by atoms with Crippen LogP contribution in [0.25, 0.3) is 0 Å². The van der Waals surface area contributed by atoms with Gasteiger partial charge >= 0.3 is 17.8 Å². The molecular weight excluding hydrogens is 278 g/mol. The van der Waals surface area contributed by atoms with E-state index < -0.39 is 23.8 Å². The second-order valence-corrected chi connectivity index (χ2v) is 4.90. The largest absolute Gasteiger partial charge is 0.393 e. The first-order valence-electron chi connectivity index (χ1n) is 5.91. The molecule has 0 spiro atoms. The number of likely N-dealkylation sites (N-methyl/N-ethyl adjacent to an activating group) is 1. The molecule has 0 radical (unpaired) electrons. The van der Waals surface area contributed by atoms with Crippen molar-refractivity contribution in [2.45, 2.75) is 5.92 Å². The van der Waals surface area contributed by atoms with Gasteiger partial charge in [0.2, 0.25) is 0 Å². The van der Waals surface area contributed by atoms with Gasteiger partial charge < -0.3 is 5.73 Å². The SMILES string of the molecule is CN1C(=O)C(=O)N(CC(C(N)=S)c2ccccc2)C1=O. The summed E-state index contributed by atoms with van der Waals surface area (Å²) in [5.41, 5.74) is 6.48. The summed E-state index contributed by atoms with van der Waals surface area (Å²) in [6.07, 6.45) is 0. The maximum atomic E-state index is 11.8. The number of hydrogen-bond donors (Lipinski definition) is 1. The van der Waals surface area contributed by atoms with Crippen LogP contribution in [-0.4, -0.2) is 46.2 Å². The molecule has 1 aromatic rings. The smallest absolute Gasteiger partial charge is 0.333 e. The van der Waals surface area contributed by atoms with Gasteiger partial charge in [0, 0.05) is 13.6 Å². The summed E-state index contributed by atoms with van der Waals surface area (Å²) in [6, 6.07) is 8.42. The molecule has 1 unspecified atom stereocenters. The van der Waals surface area contributed by atoms with Gasteiger partial charge in [0.05, 0.1) is 10.9 Å². The number of thiocarbonyl (C=S) groups is 1. The van der Waals surface area contributed by atoms with Gasteiger partial charge in [0.25, 0.3) is 0 Å². The van der Waals surface area contributed by atoms with Crippen LogP contribution >= 0.6 is 12.2 Å². The molecule has 0 bridgehead atoms. The molecule has 1 atom stereocenters. The highest BCUT2D eigenvalue weighted by Gasteiger charge is 2.43. The minimum atomic E-state index is -0.852. The zero-order valence-corrected chi connectivity index (χ0v) is 11.6. The molecule has 0 saturated carbocycles. The van der Waals surface area contributed by atoms with Crippen LogP contribution in [0.1, 0.15) is 11.5 Å². The number of carbonyl (C=O) groups excluding carboxylic acids is 3. The molecule has 2 rings (SSSR count). The Balaban J connectivity index is 2.26. The van der Waals surface area contributed by atoms with Crippen LogP contribution in [0.2, 0.25) is 0 Å². The highest BCUT2D eigenvalue weighted by atomic mass is 32.1. The van der Waals surface area contributed by atoms with Crippen molar-refractivity contribution in [2.24, 2.45) is 5.73 Å². The maximum Gasteiger partial charge on any atom is 0.333 e. The van der Waals surface area contributed by atoms with Crippen molar-refractivity contribution in [3.8, 4) is 0 Å². The zero-order valence-electron chi connectivity index (χ0n) is 10.8. The summed E-state index contributed by atoms with van der Waals surface area (Å²) in [5.74, 6) is -2.17. The quantitative estimate of drug-likeness (QED) is 0.495. The Bertz CT molecular complexity index is 588. The van der Waals surface area contributed by atoms with Gasteiger partial charge in [-0.3, -0.25) is 19.4 Å². The second-order valence-electron chi connectivity index (χ2n) is 4.43. The molecule has 2 N–H and O–H groups in total. The predicted molar refractivity (Wildman–Crippen MR) is 75.8 cm³/mol. The van der Waals surface area contributed by atoms with E-state index in [4.69, 9.17) is 18.0 Å². The van der Waals surface area contributed by atoms with Crippen molar-refractivity contribution in [2.75, 3.05) is 13.6 Å². The first-order valence-corrected chi connectivity index (χ1v) is 6.32. The molecular formula is C13H13N3O3S. The van der Waals surface area contributed by atoms with Gasteiger partial charge in [0.1, 0.15) is 0 Å². The van der Waals surface area contributed by atoms with Gasteiger partial charge in [-0.05, 0) is 5.56 Å². The highest BCUT2D eigenvalue weighted by Crippen LogP contribution is 2.20. The van der Waals surface area contributed by atoms with Crippen molar-refractivity contribution < 1.29 is 14.4 Å². The lowest BCUT2D eigenvalue weighted by Crippen LogP contribution is -2.38. The third-order valence-electron chi connectivity index (χ3n) is 3.16. The molecule has 4 amide bonds. The zero-order chi connectivity index (χ0) is 14.9. The third kappa shape index (κ3) is 2.39. The van der Waals surface area contributed by atoms with E-state index in [1.54, 1.807) is 12.1 Å². The molecule has 1 fully saturated rings. The summed E-state index contributed by atoms with van der Waals surface area (Å²) in [5, 5.41) is 0. The molecule has 7 heteroatoms. The molecule has 104 valence electrons. The van der Waals surface area contributed by atoms with Crippen LogP contribution in [0.5, 0.6) is 0 Å². The Morgan fingerprint density at radius 1 is 1.20 bits per heavy atom. The van der Waals surface area contributed by atoms with E-state index in [2.05, 4.69) is 0 Å². The minimum absolute atomic E-state index is 0.0346. The number of imide groups is 2. The normalized spacial score (nSPS) is 16.8. The number of amides is 4. The van der Waals surface area contributed by atoms with Gasteiger partial charge in [-0.1, -0.05) is 42.5 Å². The van der Waals surface area contributed by atoms with Gasteiger partial charge in [-0.25, -0.2) is 4.79 Å². The molecule has 1 aromatic carbocycles. The Morgan fingerprint density at radius 2 is 1.80 bits per heavy atom. The molecule has 20 heavy (non-hydrogen) atoms. The Labute approximate surface area is 121 Å². The summed E-state index contributed by atoms with van der Waals surface area (Å²) in [7, 11) is 1.26. The first-order chi connectivity index (χ1) is 9.43. The number of rotatable bonds is 4. The fourth-order valence-electron chi connectivity index (χ4n) is 2.00. The van der Waals surface area contributed by atoms with Crippen LogP contribution in [0.3, 0.4) is 0 Å². The summed E-state index contributed by atoms with van der Waals surface area (Å²) >= 11 is 5.00. The number of urea groups is 1. The summed E-state index contributed by atoms with van der Waals surface area (Å²) in [4.78, 5) is 36.9. The minimum Gasteiger partial charge on any atom is -0.393 e. The lowest BCUT2D eigenvalue weighted by Gasteiger charge is -2.21. The van der Waals surface area contributed by atoms with E-state index in [0.29, 0.717) is 0 Å². The van der Waals surface area contributed by atoms with E-state index >= 15 is 0 Å². The third-order valence-corrected chi connectivity index (χ3v) is 3.45. The van der Waals surface area contributed by atoms with Crippen molar-refractivity contribution in [3.05, 3.63) is 35.9 Å². The molecule has 1 saturated heterocycles. The average Bonchev–Trinajstić information content (AvgIpc) is 2.62. The van der Waals surface area contributed by atoms with Crippen LogP contribution in [-0.2, 0) is 9.59 Å². The van der Waals surface area contributed by atoms with Crippen molar-refractivity contribution in [3.63, 3.8) is 0 Å². The van der Waals surface area contributed by atoms with Crippen LogP contribution in [0, 0.1) is 0 Å². The number of hydrogen-bond acceptors (Lipinski definition) is 4. The van der Waals surface area contributed by atoms with Crippen LogP contribution < -0.4 is 5.73 Å². The molecule has 0 aromatic heterocycles. The monoisotopic (exact) mass is 291 g/mol. The number of benzene rings is 1. The van der Waals surface area contributed by atoms with Crippen LogP contribution in [0.4, 0.5) is 4.79 Å². The van der Waals surface area contributed by atoms with Gasteiger partial charge in [-0.2, -0.15) is 0 Å². The van der Waals surface area contributed by atoms with E-state index in [1.807, 2.05) is 18.2 Å². The topological polar surface area (TPSA) is 83.7 Å². The number of carbonyl (C=O) groups is 3. The lowest BCUT2D eigenvalue weighted by molar-refractivity contribution is -0.142. The van der Waals surface area contributed by atoms with Gasteiger partial charge in [0.15, 0.2) is 0 Å². The second kappa shape index (κ2) is 5.38. The maximum absolute atomic E-state index is 11.8. The molecule has 1 aliphatic heterocycles. The Hall–Kier alpha value is -2.28. The number of nitrogens with two attached hydrogens (primary N) is 1. The predicted octanol–water partition coefficient (Wildman–Crippen LogP) is 0.477. The van der Waals surface area contributed by atoms with Crippen molar-refractivity contribution in [1.82, 2.24) is 9.80 Å². The molecule has 1 aliphatic rings. The van der Waals surface area contributed by atoms with Crippen molar-refractivity contribution in [1.29, 1.82) is 0 Å². The van der Waals surface area contributed by atoms with E-state index in [0.717, 1.165) is 15.4 Å². The van der Waals surface area contributed by atoms with Gasteiger partial charge in [-0.15, -0.1) is 0 Å². The summed E-state index contributed by atoms with van der Waals surface area (Å²) in [6.45, 7) is -0.0346. The van der Waals surface area contributed by atoms with E-state index in [-0.39, 0.29) is 11.5 Å². The molecule has 0 aliphatic carbocycles. The molecule has 6 nitrogen and oxygen atoms in total. The lowest BCUT2D eigenvalue weighted by atomic mass is 9.98. The van der Waals surface area contributed by atoms with Crippen molar-refractivity contribution >= 4 is 35.1 Å². The first kappa shape index (κ1) is 14.1. The van der Waals surface area contributed by atoms with E-state index in [9.17, 15) is 14.4 Å². The van der Waals surface area contributed by atoms with E-state index in [1.165, 1.54) is 7.05 Å². The van der Waals surface area contributed by atoms with Crippen LogP contribution in [0.15, 0.2) is 30.3 Å². The Morgan fingerprint density at radius 3 is 2.25 bits per heavy atom. The number of nitrogens with zero attached hydrogens (tertiary/aromatic N) is 2. The fourth-order valence-corrected chi connectivity index (χ4v) is 2.21. The Kier molecular flexibility index (Phi) is 3.80. The fraction of sp³-hybridized carbons (Fsp3) is 0.231. The standard InChI is InChI=1S/C13H13N3O3S/c1-15-11(17)12(18)16(13(15)19)7-9(10(14)20)8-5-3-2-4-6-8/h2-6,9H,7H2,1H3,(H2,14,20). The summed E-state index contributed by atoms with van der Waals surface area (Å²) < 4.78 is 0. The average molecular weight is 291 g/mol.